The molecule has 0 saturated carbocycles. The topological polar surface area (TPSA) is 75.2 Å². The number of ether oxygens (including phenoxy) is 1. The van der Waals surface area contributed by atoms with Gasteiger partial charge in [-0.05, 0) is 13.3 Å². The average Bonchev–Trinajstić information content (AvgIpc) is 2.16. The van der Waals surface area contributed by atoms with Gasteiger partial charge in [0.25, 0.3) is 5.56 Å². The number of H-pyrrole nitrogens is 1. The fourth-order valence-electron chi connectivity index (χ4n) is 1.16. The van der Waals surface area contributed by atoms with Crippen LogP contribution in [0, 0.1) is 6.92 Å². The fourth-order valence-corrected chi connectivity index (χ4v) is 1.16. The zero-order valence-electron chi connectivity index (χ0n) is 8.50. The molecule has 0 saturated heterocycles. The molecule has 0 amide bonds. The maximum atomic E-state index is 11.3. The highest BCUT2D eigenvalue weighted by Crippen LogP contribution is 2.17. The second kappa shape index (κ2) is 4.23. The van der Waals surface area contributed by atoms with Crippen LogP contribution in [0.1, 0.15) is 30.8 Å². The van der Waals surface area contributed by atoms with E-state index in [2.05, 4.69) is 9.97 Å². The number of aromatic amines is 1. The summed E-state index contributed by atoms with van der Waals surface area (Å²) in [5.74, 6) is 0.127. The van der Waals surface area contributed by atoms with Crippen molar-refractivity contribution in [3.63, 3.8) is 0 Å². The molecule has 0 aliphatic carbocycles. The van der Waals surface area contributed by atoms with Crippen molar-refractivity contribution in [2.24, 2.45) is 0 Å². The van der Waals surface area contributed by atoms with Gasteiger partial charge in [0, 0.05) is 7.11 Å². The normalized spacial score (nSPS) is 12.8. The van der Waals surface area contributed by atoms with Crippen LogP contribution in [0.15, 0.2) is 4.79 Å². The third-order valence-corrected chi connectivity index (χ3v) is 2.10. The highest BCUT2D eigenvalue weighted by molar-refractivity contribution is 5.20. The molecule has 2 N–H and O–H groups in total. The van der Waals surface area contributed by atoms with Crippen LogP contribution in [0.25, 0.3) is 0 Å². The number of aromatic hydroxyl groups is 1. The molecular formula is C9H14N2O3. The predicted molar refractivity (Wildman–Crippen MR) is 51.3 cm³/mol. The first-order valence-corrected chi connectivity index (χ1v) is 4.42. The van der Waals surface area contributed by atoms with Crippen LogP contribution in [0.4, 0.5) is 0 Å². The largest absolute Gasteiger partial charge is 0.493 e. The third-order valence-electron chi connectivity index (χ3n) is 2.10. The summed E-state index contributed by atoms with van der Waals surface area (Å²) in [5.41, 5.74) is -0.109. The van der Waals surface area contributed by atoms with E-state index in [9.17, 15) is 9.90 Å². The number of nitrogens with one attached hydrogen (secondary N) is 1. The summed E-state index contributed by atoms with van der Waals surface area (Å²) in [6.45, 7) is 3.42. The Balaban J connectivity index is 3.18. The molecule has 0 fully saturated rings. The van der Waals surface area contributed by atoms with Crippen LogP contribution in [-0.4, -0.2) is 22.2 Å². The Morgan fingerprint density at radius 1 is 1.64 bits per heavy atom. The van der Waals surface area contributed by atoms with Crippen LogP contribution < -0.4 is 5.56 Å². The molecule has 0 radical (unpaired) electrons. The Labute approximate surface area is 81.8 Å². The quantitative estimate of drug-likeness (QED) is 0.756. The van der Waals surface area contributed by atoms with E-state index < -0.39 is 0 Å². The lowest BCUT2D eigenvalue weighted by molar-refractivity contribution is 0.0916. The van der Waals surface area contributed by atoms with Crippen molar-refractivity contribution in [2.75, 3.05) is 7.11 Å². The van der Waals surface area contributed by atoms with Crippen molar-refractivity contribution in [2.45, 2.75) is 26.4 Å². The van der Waals surface area contributed by atoms with Crippen LogP contribution >= 0.6 is 0 Å². The maximum Gasteiger partial charge on any atom is 0.257 e. The maximum absolute atomic E-state index is 11.3. The molecule has 1 rings (SSSR count). The van der Waals surface area contributed by atoms with Gasteiger partial charge in [0.1, 0.15) is 11.9 Å². The minimum absolute atomic E-state index is 0.222. The molecule has 0 aromatic carbocycles. The van der Waals surface area contributed by atoms with Gasteiger partial charge >= 0.3 is 0 Å². The Morgan fingerprint density at radius 3 is 2.71 bits per heavy atom. The van der Waals surface area contributed by atoms with E-state index in [4.69, 9.17) is 4.74 Å². The number of hydrogen-bond donors (Lipinski definition) is 2. The van der Waals surface area contributed by atoms with Gasteiger partial charge in [0.15, 0.2) is 0 Å². The smallest absolute Gasteiger partial charge is 0.257 e. The average molecular weight is 198 g/mol. The molecule has 5 nitrogen and oxygen atoms in total. The molecule has 0 bridgehead atoms. The van der Waals surface area contributed by atoms with Gasteiger partial charge in [0.05, 0.1) is 5.56 Å². The summed E-state index contributed by atoms with van der Waals surface area (Å²) in [6.07, 6.45) is 0.399. The van der Waals surface area contributed by atoms with Gasteiger partial charge in [-0.2, -0.15) is 4.98 Å². The SMILES string of the molecule is CCC(OC)c1nc(O)c(C)c(=O)[nH]1. The number of hydrogen-bond acceptors (Lipinski definition) is 4. The van der Waals surface area contributed by atoms with Crippen molar-refractivity contribution >= 4 is 0 Å². The highest BCUT2D eigenvalue weighted by atomic mass is 16.5. The Hall–Kier alpha value is -1.36. The van der Waals surface area contributed by atoms with E-state index >= 15 is 0 Å². The standard InChI is InChI=1S/C9H14N2O3/c1-4-6(14-3)7-10-8(12)5(2)9(13)11-7/h6H,4H2,1-3H3,(H2,10,11,12,13). The zero-order valence-corrected chi connectivity index (χ0v) is 8.50. The van der Waals surface area contributed by atoms with Gasteiger partial charge < -0.3 is 14.8 Å². The van der Waals surface area contributed by atoms with Crippen LogP contribution in [-0.2, 0) is 4.74 Å². The molecule has 1 aromatic heterocycles. The van der Waals surface area contributed by atoms with Gasteiger partial charge in [-0.15, -0.1) is 0 Å². The second-order valence-electron chi connectivity index (χ2n) is 3.03. The van der Waals surface area contributed by atoms with E-state index in [0.29, 0.717) is 12.2 Å². The summed E-state index contributed by atoms with van der Waals surface area (Å²) in [7, 11) is 1.53. The van der Waals surface area contributed by atoms with E-state index in [-0.39, 0.29) is 23.1 Å². The van der Waals surface area contributed by atoms with Gasteiger partial charge in [-0.25, -0.2) is 0 Å². The molecule has 1 unspecified atom stereocenters. The van der Waals surface area contributed by atoms with Crippen molar-refractivity contribution < 1.29 is 9.84 Å². The number of rotatable bonds is 3. The molecule has 0 aliphatic heterocycles. The van der Waals surface area contributed by atoms with E-state index in [1.807, 2.05) is 6.92 Å². The minimum Gasteiger partial charge on any atom is -0.493 e. The highest BCUT2D eigenvalue weighted by Gasteiger charge is 2.13. The minimum atomic E-state index is -0.331. The van der Waals surface area contributed by atoms with Crippen LogP contribution in [0.5, 0.6) is 5.88 Å². The van der Waals surface area contributed by atoms with Crippen molar-refractivity contribution in [1.29, 1.82) is 0 Å². The molecule has 5 heteroatoms. The lowest BCUT2D eigenvalue weighted by Gasteiger charge is -2.12. The molecule has 1 atom stereocenters. The first-order chi connectivity index (χ1) is 6.60. The summed E-state index contributed by atoms with van der Waals surface area (Å²) < 4.78 is 5.09. The molecule has 14 heavy (non-hydrogen) atoms. The zero-order chi connectivity index (χ0) is 10.7. The third kappa shape index (κ3) is 1.93. The van der Waals surface area contributed by atoms with Crippen LogP contribution in [0.3, 0.4) is 0 Å². The van der Waals surface area contributed by atoms with Gasteiger partial charge in [-0.1, -0.05) is 6.92 Å². The first kappa shape index (κ1) is 10.7. The van der Waals surface area contributed by atoms with Crippen molar-refractivity contribution in [3.8, 4) is 5.88 Å². The summed E-state index contributed by atoms with van der Waals surface area (Å²) >= 11 is 0. The Morgan fingerprint density at radius 2 is 2.29 bits per heavy atom. The molecule has 78 valence electrons. The van der Waals surface area contributed by atoms with Crippen LogP contribution in [0.2, 0.25) is 0 Å². The summed E-state index contributed by atoms with van der Waals surface area (Å²) in [6, 6.07) is 0. The predicted octanol–water partition coefficient (Wildman–Crippen LogP) is 0.881. The summed E-state index contributed by atoms with van der Waals surface area (Å²) in [4.78, 5) is 17.7. The van der Waals surface area contributed by atoms with Crippen molar-refractivity contribution in [1.82, 2.24) is 9.97 Å². The van der Waals surface area contributed by atoms with Gasteiger partial charge in [0.2, 0.25) is 5.88 Å². The number of methoxy groups -OCH3 is 1. The summed E-state index contributed by atoms with van der Waals surface area (Å²) in [5, 5.41) is 9.33. The second-order valence-corrected chi connectivity index (χ2v) is 3.03. The Bertz CT molecular complexity index is 369. The Kier molecular flexibility index (Phi) is 3.24. The number of nitrogens with zero attached hydrogens (tertiary/aromatic N) is 1. The van der Waals surface area contributed by atoms with E-state index in [0.717, 1.165) is 0 Å². The molecule has 0 aliphatic rings. The molecule has 0 spiro atoms. The lowest BCUT2D eigenvalue weighted by Crippen LogP contribution is -2.17. The van der Waals surface area contributed by atoms with Crippen molar-refractivity contribution in [3.05, 3.63) is 21.7 Å². The lowest BCUT2D eigenvalue weighted by atomic mass is 10.2. The monoisotopic (exact) mass is 198 g/mol. The molecule has 1 aromatic rings. The molecule has 1 heterocycles. The van der Waals surface area contributed by atoms with Gasteiger partial charge in [-0.3, -0.25) is 4.79 Å². The van der Waals surface area contributed by atoms with E-state index in [1.165, 1.54) is 14.0 Å². The fraction of sp³-hybridized carbons (Fsp3) is 0.556. The molecular weight excluding hydrogens is 184 g/mol. The van der Waals surface area contributed by atoms with E-state index in [1.54, 1.807) is 0 Å². The first-order valence-electron chi connectivity index (χ1n) is 4.42. The number of aromatic nitrogens is 2.